The van der Waals surface area contributed by atoms with E-state index >= 15 is 0 Å². The summed E-state index contributed by atoms with van der Waals surface area (Å²) in [6.45, 7) is 0.451. The van der Waals surface area contributed by atoms with E-state index in [1.54, 1.807) is 30.3 Å². The minimum Gasteiger partial charge on any atom is -0.456 e. The van der Waals surface area contributed by atoms with Gasteiger partial charge in [0.2, 0.25) is 0 Å². The van der Waals surface area contributed by atoms with Crippen molar-refractivity contribution in [1.29, 1.82) is 0 Å². The number of ether oxygens (including phenoxy) is 3. The number of aliphatic hydroxyl groups is 1. The first-order valence-corrected chi connectivity index (χ1v) is 14.7. The molecule has 6 rings (SSSR count). The monoisotopic (exact) mass is 576 g/mol. The number of hydrogen-bond acceptors (Lipinski definition) is 8. The summed E-state index contributed by atoms with van der Waals surface area (Å²) in [6, 6.07) is 10.5. The van der Waals surface area contributed by atoms with Crippen LogP contribution in [0.5, 0.6) is 6.01 Å². The minimum absolute atomic E-state index is 0.0391. The average Bonchev–Trinajstić information content (AvgIpc) is 3.56. The van der Waals surface area contributed by atoms with Crippen LogP contribution in [-0.4, -0.2) is 74.4 Å². The molecule has 2 aliphatic rings. The van der Waals surface area contributed by atoms with Gasteiger partial charge < -0.3 is 24.3 Å². The van der Waals surface area contributed by atoms with Crippen molar-refractivity contribution < 1.29 is 32.3 Å². The fourth-order valence-corrected chi connectivity index (χ4v) is 5.59. The lowest BCUT2D eigenvalue weighted by molar-refractivity contribution is 0.00706. The Kier molecular flexibility index (Phi) is 6.55. The molecule has 4 atom stereocenters. The number of benzene rings is 2. The molecule has 0 bridgehead atoms. The van der Waals surface area contributed by atoms with Crippen LogP contribution in [0, 0.1) is 11.6 Å². The van der Waals surface area contributed by atoms with Crippen LogP contribution in [0.4, 0.5) is 14.5 Å². The van der Waals surface area contributed by atoms with E-state index < -0.39 is 39.7 Å². The van der Waals surface area contributed by atoms with Gasteiger partial charge in [0, 0.05) is 39.4 Å². The number of aromatic amines is 1. The first-order chi connectivity index (χ1) is 18.6. The highest BCUT2D eigenvalue weighted by Gasteiger charge is 2.48. The Morgan fingerprint density at radius 2 is 1.77 bits per heavy atom. The number of hydrogen-bond donors (Lipinski definition) is 2. The number of imidazole rings is 1. The Labute approximate surface area is 227 Å². The van der Waals surface area contributed by atoms with E-state index in [0.717, 1.165) is 12.1 Å². The molecule has 0 aliphatic carbocycles. The normalized spacial score (nSPS) is 22.8. The van der Waals surface area contributed by atoms with E-state index in [0.29, 0.717) is 33.0 Å². The second-order valence-electron chi connectivity index (χ2n) is 9.68. The van der Waals surface area contributed by atoms with Gasteiger partial charge in [-0.2, -0.15) is 9.35 Å². The van der Waals surface area contributed by atoms with E-state index in [-0.39, 0.29) is 36.6 Å². The maximum atomic E-state index is 14.8. The Bertz CT molecular complexity index is 1700. The van der Waals surface area contributed by atoms with Gasteiger partial charge in [-0.05, 0) is 17.7 Å². The Morgan fingerprint density at radius 3 is 2.51 bits per heavy atom. The first kappa shape index (κ1) is 26.1. The fraction of sp³-hybridized carbons (Fsp3) is 0.308. The zero-order valence-electron chi connectivity index (χ0n) is 20.7. The minimum atomic E-state index is -2.65. The average molecular weight is 577 g/mol. The van der Waals surface area contributed by atoms with Crippen LogP contribution in [0.25, 0.3) is 33.5 Å². The Balaban J connectivity index is 1.25. The topological polar surface area (TPSA) is 119 Å². The molecular formula is C26H23ClF2N4O5S. The van der Waals surface area contributed by atoms with Gasteiger partial charge in [0.05, 0.1) is 29.4 Å². The number of halogens is 3. The SMILES string of the molecule is CS(C)(=O)=Nc1cc(F)c(-c2ccc(-c3nc4nc(O[C@@H]5CO[C@H]6[C@@H]5OC[C@H]6O)[nH]c4cc3Cl)cc2)cc1F. The molecule has 9 nitrogen and oxygen atoms in total. The van der Waals surface area contributed by atoms with Crippen molar-refractivity contribution in [2.24, 2.45) is 4.36 Å². The lowest BCUT2D eigenvalue weighted by Crippen LogP contribution is -2.34. The van der Waals surface area contributed by atoms with Crippen molar-refractivity contribution in [3.63, 3.8) is 0 Å². The molecule has 4 heterocycles. The molecule has 2 aliphatic heterocycles. The number of fused-ring (bicyclic) bond motifs is 2. The summed E-state index contributed by atoms with van der Waals surface area (Å²) in [6.07, 6.45) is 0.765. The second-order valence-corrected chi connectivity index (χ2v) is 12.6. The summed E-state index contributed by atoms with van der Waals surface area (Å²) in [7, 11) is -2.65. The zero-order chi connectivity index (χ0) is 27.5. The molecule has 2 saturated heterocycles. The van der Waals surface area contributed by atoms with E-state index in [1.807, 2.05) is 0 Å². The van der Waals surface area contributed by atoms with Gasteiger partial charge in [0.25, 0.3) is 6.01 Å². The number of aliphatic hydroxyl groups excluding tert-OH is 1. The van der Waals surface area contributed by atoms with Gasteiger partial charge in [0.15, 0.2) is 11.8 Å². The number of rotatable bonds is 5. The highest BCUT2D eigenvalue weighted by Crippen LogP contribution is 2.34. The molecule has 2 N–H and O–H groups in total. The molecule has 2 aromatic heterocycles. The number of nitrogens with zero attached hydrogens (tertiary/aromatic N) is 3. The third-order valence-corrected chi connectivity index (χ3v) is 7.40. The van der Waals surface area contributed by atoms with Crippen molar-refractivity contribution in [3.8, 4) is 28.4 Å². The van der Waals surface area contributed by atoms with Gasteiger partial charge in [-0.25, -0.2) is 18.0 Å². The van der Waals surface area contributed by atoms with E-state index in [9.17, 15) is 18.1 Å². The van der Waals surface area contributed by atoms with Gasteiger partial charge in [0.1, 0.15) is 35.6 Å². The third-order valence-electron chi connectivity index (χ3n) is 6.47. The lowest BCUT2D eigenvalue weighted by Gasteiger charge is -2.15. The summed E-state index contributed by atoms with van der Waals surface area (Å²) in [4.78, 5) is 12.0. The zero-order valence-corrected chi connectivity index (χ0v) is 22.3. The lowest BCUT2D eigenvalue weighted by atomic mass is 10.0. The van der Waals surface area contributed by atoms with E-state index in [2.05, 4.69) is 19.3 Å². The maximum Gasteiger partial charge on any atom is 0.296 e. The molecule has 2 fully saturated rings. The number of pyridine rings is 1. The molecule has 0 saturated carbocycles. The summed E-state index contributed by atoms with van der Waals surface area (Å²) in [5.41, 5.74) is 2.19. The van der Waals surface area contributed by atoms with Crippen molar-refractivity contribution in [2.45, 2.75) is 24.4 Å². The Morgan fingerprint density at radius 1 is 1.05 bits per heavy atom. The van der Waals surface area contributed by atoms with Gasteiger partial charge in [-0.15, -0.1) is 0 Å². The van der Waals surface area contributed by atoms with Gasteiger partial charge in [-0.3, -0.25) is 0 Å². The van der Waals surface area contributed by atoms with Gasteiger partial charge in [-0.1, -0.05) is 35.9 Å². The first-order valence-electron chi connectivity index (χ1n) is 12.0. The smallest absolute Gasteiger partial charge is 0.296 e. The molecule has 2 aromatic carbocycles. The molecule has 4 aromatic rings. The number of H-pyrrole nitrogens is 1. The standard InChI is InChI=1S/C26H23ClF2N4O5S/c1-39(2,35)33-18-9-16(28)14(7-17(18)29)12-3-5-13(6-4-12)22-15(27)8-19-25(31-22)32-26(30-19)38-21-11-37-23-20(34)10-36-24(21)23/h3-9,20-21,23-24,34H,10-11H2,1-2H3,(H,30,31,32)/t20-,21-,23-,24-/m1/s1. The molecule has 0 spiro atoms. The summed E-state index contributed by atoms with van der Waals surface area (Å²) in [5, 5.41) is 10.3. The molecule has 204 valence electrons. The van der Waals surface area contributed by atoms with Crippen molar-refractivity contribution >= 4 is 38.2 Å². The molecule has 0 radical (unpaired) electrons. The predicted octanol–water partition coefficient (Wildman–Crippen LogP) is 4.49. The van der Waals surface area contributed by atoms with Crippen molar-refractivity contribution in [3.05, 3.63) is 59.1 Å². The molecular weight excluding hydrogens is 554 g/mol. The third kappa shape index (κ3) is 5.10. The predicted molar refractivity (Wildman–Crippen MR) is 142 cm³/mol. The van der Waals surface area contributed by atoms with E-state index in [1.165, 1.54) is 12.5 Å². The van der Waals surface area contributed by atoms with Gasteiger partial charge >= 0.3 is 0 Å². The van der Waals surface area contributed by atoms with Crippen molar-refractivity contribution in [2.75, 3.05) is 25.7 Å². The summed E-state index contributed by atoms with van der Waals surface area (Å²) >= 11 is 6.52. The highest BCUT2D eigenvalue weighted by atomic mass is 35.5. The summed E-state index contributed by atoms with van der Waals surface area (Å²) < 4.78 is 62.1. The van der Waals surface area contributed by atoms with Crippen LogP contribution in [-0.2, 0) is 19.2 Å². The largest absolute Gasteiger partial charge is 0.456 e. The van der Waals surface area contributed by atoms with Crippen LogP contribution in [0.15, 0.2) is 46.8 Å². The van der Waals surface area contributed by atoms with Crippen LogP contribution in [0.2, 0.25) is 5.02 Å². The van der Waals surface area contributed by atoms with Crippen LogP contribution >= 0.6 is 11.6 Å². The molecule has 0 unspecified atom stereocenters. The van der Waals surface area contributed by atoms with Crippen molar-refractivity contribution in [1.82, 2.24) is 15.0 Å². The highest BCUT2D eigenvalue weighted by molar-refractivity contribution is 7.92. The van der Waals surface area contributed by atoms with Crippen LogP contribution in [0.1, 0.15) is 0 Å². The second kappa shape index (κ2) is 9.79. The summed E-state index contributed by atoms with van der Waals surface area (Å²) in [5.74, 6) is -1.46. The van der Waals surface area contributed by atoms with Crippen LogP contribution in [0.3, 0.4) is 0 Å². The molecule has 39 heavy (non-hydrogen) atoms. The fourth-order valence-electron chi connectivity index (χ4n) is 4.71. The Hall–Kier alpha value is -3.16. The quantitative estimate of drug-likeness (QED) is 0.359. The maximum absolute atomic E-state index is 14.8. The molecule has 13 heteroatoms. The number of nitrogens with one attached hydrogen (secondary N) is 1. The molecule has 0 amide bonds. The number of aromatic nitrogens is 3. The van der Waals surface area contributed by atoms with E-state index in [4.69, 9.17) is 25.8 Å². The van der Waals surface area contributed by atoms with Crippen LogP contribution < -0.4 is 4.74 Å².